The topological polar surface area (TPSA) is 23.6 Å². The maximum Gasteiger partial charge on any atom is 0.206 e. The standard InChI is InChI=1S/C5H9N2O/c1-6-3-5(8)7(2)4-6/h4H,3H2,1-2H3/q-1. The first-order chi connectivity index (χ1) is 3.70. The minimum atomic E-state index is 0.160. The van der Waals surface area contributed by atoms with E-state index in [-0.39, 0.29) is 5.91 Å². The number of hydrogen-bond acceptors (Lipinski definition) is 2. The van der Waals surface area contributed by atoms with Crippen LogP contribution in [0.4, 0.5) is 0 Å². The van der Waals surface area contributed by atoms with Crippen molar-refractivity contribution in [3.63, 3.8) is 0 Å². The van der Waals surface area contributed by atoms with Gasteiger partial charge in [0.05, 0.1) is 0 Å². The predicted molar refractivity (Wildman–Crippen MR) is 29.7 cm³/mol. The quantitative estimate of drug-likeness (QED) is 0.396. The monoisotopic (exact) mass is 113 g/mol. The fourth-order valence-corrected chi connectivity index (χ4v) is 0.726. The zero-order valence-corrected chi connectivity index (χ0v) is 5.09. The Labute approximate surface area is 48.9 Å². The number of hydrogen-bond donors (Lipinski definition) is 0. The zero-order valence-electron chi connectivity index (χ0n) is 5.09. The highest BCUT2D eigenvalue weighted by molar-refractivity contribution is 5.80. The average Bonchev–Trinajstić information content (AvgIpc) is 1.85. The summed E-state index contributed by atoms with van der Waals surface area (Å²) in [6, 6.07) is 0. The molecule has 8 heavy (non-hydrogen) atoms. The first kappa shape index (κ1) is 5.56. The largest absolute Gasteiger partial charge is 0.481 e. The van der Waals surface area contributed by atoms with Crippen molar-refractivity contribution in [3.05, 3.63) is 6.67 Å². The van der Waals surface area contributed by atoms with Crippen LogP contribution in [0.2, 0.25) is 0 Å². The van der Waals surface area contributed by atoms with Gasteiger partial charge in [0.2, 0.25) is 5.91 Å². The highest BCUT2D eigenvalue weighted by Gasteiger charge is 2.09. The molecule has 3 heteroatoms. The number of likely N-dealkylation sites (N-methyl/N-ethyl adjacent to an activating group) is 2. The molecule has 0 aromatic rings. The molecule has 1 aliphatic heterocycles. The van der Waals surface area contributed by atoms with E-state index in [4.69, 9.17) is 0 Å². The summed E-state index contributed by atoms with van der Waals surface area (Å²) >= 11 is 0. The van der Waals surface area contributed by atoms with Crippen molar-refractivity contribution in [2.24, 2.45) is 0 Å². The van der Waals surface area contributed by atoms with Gasteiger partial charge in [0.25, 0.3) is 0 Å². The SMILES string of the molecule is CN1[CH-]N(C)C(=O)C1. The molecule has 0 saturated carbocycles. The first-order valence-corrected chi connectivity index (χ1v) is 2.51. The molecule has 0 bridgehead atoms. The van der Waals surface area contributed by atoms with Crippen LogP contribution in [-0.4, -0.2) is 36.3 Å². The van der Waals surface area contributed by atoms with Crippen LogP contribution < -0.4 is 0 Å². The van der Waals surface area contributed by atoms with Crippen molar-refractivity contribution in [1.82, 2.24) is 9.80 Å². The minimum absolute atomic E-state index is 0.160. The summed E-state index contributed by atoms with van der Waals surface area (Å²) in [5.74, 6) is 0.160. The van der Waals surface area contributed by atoms with Crippen LogP contribution in [0.25, 0.3) is 0 Å². The predicted octanol–water partition coefficient (Wildman–Crippen LogP) is -0.491. The third-order valence-corrected chi connectivity index (χ3v) is 1.15. The molecule has 0 unspecified atom stereocenters. The maximum atomic E-state index is 10.6. The van der Waals surface area contributed by atoms with E-state index in [0.717, 1.165) is 0 Å². The Hall–Kier alpha value is -0.570. The van der Waals surface area contributed by atoms with E-state index in [2.05, 4.69) is 0 Å². The van der Waals surface area contributed by atoms with E-state index in [1.807, 2.05) is 11.9 Å². The third kappa shape index (κ3) is 0.816. The average molecular weight is 113 g/mol. The number of rotatable bonds is 0. The number of carbonyl (C=O) groups excluding carboxylic acids is 1. The fourth-order valence-electron chi connectivity index (χ4n) is 0.726. The molecule has 0 aromatic carbocycles. The molecule has 1 heterocycles. The second kappa shape index (κ2) is 1.74. The Kier molecular flexibility index (Phi) is 1.21. The maximum absolute atomic E-state index is 10.6. The van der Waals surface area contributed by atoms with E-state index in [9.17, 15) is 4.79 Å². The lowest BCUT2D eigenvalue weighted by atomic mass is 10.6. The molecule has 1 aliphatic rings. The molecule has 0 aromatic heterocycles. The highest BCUT2D eigenvalue weighted by atomic mass is 16.2. The molecule has 0 N–H and O–H groups in total. The lowest BCUT2D eigenvalue weighted by Gasteiger charge is -2.21. The molecular weight excluding hydrogens is 104 g/mol. The van der Waals surface area contributed by atoms with Gasteiger partial charge in [-0.1, -0.05) is 0 Å². The van der Waals surface area contributed by atoms with Crippen LogP contribution in [0.3, 0.4) is 0 Å². The van der Waals surface area contributed by atoms with Crippen LogP contribution in [0.1, 0.15) is 0 Å². The summed E-state index contributed by atoms with van der Waals surface area (Å²) in [5, 5.41) is 0. The van der Waals surface area contributed by atoms with Gasteiger partial charge < -0.3 is 9.80 Å². The smallest absolute Gasteiger partial charge is 0.206 e. The summed E-state index contributed by atoms with van der Waals surface area (Å²) in [5.41, 5.74) is 0. The van der Waals surface area contributed by atoms with Gasteiger partial charge in [-0.3, -0.25) is 4.79 Å². The summed E-state index contributed by atoms with van der Waals surface area (Å²) in [6.07, 6.45) is 0. The van der Waals surface area contributed by atoms with Gasteiger partial charge in [0.15, 0.2) is 0 Å². The molecule has 3 nitrogen and oxygen atoms in total. The van der Waals surface area contributed by atoms with Crippen LogP contribution >= 0.6 is 0 Å². The zero-order chi connectivity index (χ0) is 6.15. The molecule has 1 amide bonds. The molecular formula is C5H9N2O-. The minimum Gasteiger partial charge on any atom is -0.481 e. The van der Waals surface area contributed by atoms with Gasteiger partial charge in [-0.05, 0) is 14.1 Å². The molecule has 1 fully saturated rings. The van der Waals surface area contributed by atoms with Crippen molar-refractivity contribution in [2.45, 2.75) is 0 Å². The van der Waals surface area contributed by atoms with Gasteiger partial charge in [0.1, 0.15) is 0 Å². The summed E-state index contributed by atoms with van der Waals surface area (Å²) < 4.78 is 0. The van der Waals surface area contributed by atoms with E-state index < -0.39 is 0 Å². The first-order valence-electron chi connectivity index (χ1n) is 2.51. The summed E-state index contributed by atoms with van der Waals surface area (Å²) in [4.78, 5) is 14.1. The van der Waals surface area contributed by atoms with Crippen molar-refractivity contribution in [1.29, 1.82) is 0 Å². The number of amides is 1. The molecule has 0 atom stereocenters. The van der Waals surface area contributed by atoms with E-state index in [1.54, 1.807) is 18.6 Å². The van der Waals surface area contributed by atoms with Gasteiger partial charge in [-0.25, -0.2) is 0 Å². The number of carbonyl (C=O) groups is 1. The fraction of sp³-hybridized carbons (Fsp3) is 0.600. The Bertz CT molecular complexity index is 113. The Morgan fingerprint density at radius 1 is 1.62 bits per heavy atom. The molecule has 0 aliphatic carbocycles. The lowest BCUT2D eigenvalue weighted by Crippen LogP contribution is -2.16. The van der Waals surface area contributed by atoms with E-state index >= 15 is 0 Å². The molecule has 0 spiro atoms. The van der Waals surface area contributed by atoms with Crippen LogP contribution in [-0.2, 0) is 4.79 Å². The molecule has 1 rings (SSSR count). The Balaban J connectivity index is 2.51. The Morgan fingerprint density at radius 3 is 2.38 bits per heavy atom. The molecule has 46 valence electrons. The summed E-state index contributed by atoms with van der Waals surface area (Å²) in [6.45, 7) is 2.30. The van der Waals surface area contributed by atoms with Crippen molar-refractivity contribution in [3.8, 4) is 0 Å². The van der Waals surface area contributed by atoms with E-state index in [1.165, 1.54) is 0 Å². The van der Waals surface area contributed by atoms with Crippen LogP contribution in [0.15, 0.2) is 0 Å². The van der Waals surface area contributed by atoms with Gasteiger partial charge in [0, 0.05) is 6.54 Å². The highest BCUT2D eigenvalue weighted by Crippen LogP contribution is 2.03. The van der Waals surface area contributed by atoms with Crippen molar-refractivity contribution >= 4 is 5.91 Å². The molecule has 1 saturated heterocycles. The van der Waals surface area contributed by atoms with Crippen LogP contribution in [0.5, 0.6) is 0 Å². The van der Waals surface area contributed by atoms with Gasteiger partial charge in [-0.15, -0.1) is 0 Å². The van der Waals surface area contributed by atoms with Crippen molar-refractivity contribution in [2.75, 3.05) is 20.6 Å². The van der Waals surface area contributed by atoms with Gasteiger partial charge in [-0.2, -0.15) is 6.67 Å². The van der Waals surface area contributed by atoms with Gasteiger partial charge >= 0.3 is 0 Å². The van der Waals surface area contributed by atoms with Crippen molar-refractivity contribution < 1.29 is 4.79 Å². The second-order valence-electron chi connectivity index (χ2n) is 2.04. The lowest BCUT2D eigenvalue weighted by molar-refractivity contribution is -0.124. The second-order valence-corrected chi connectivity index (χ2v) is 2.04. The number of nitrogens with zero attached hydrogens (tertiary/aromatic N) is 2. The Morgan fingerprint density at radius 2 is 2.25 bits per heavy atom. The normalized spacial score (nSPS) is 22.8. The van der Waals surface area contributed by atoms with Crippen LogP contribution in [0, 0.1) is 6.67 Å². The van der Waals surface area contributed by atoms with E-state index in [0.29, 0.717) is 6.54 Å². The third-order valence-electron chi connectivity index (χ3n) is 1.15. The summed E-state index contributed by atoms with van der Waals surface area (Å²) in [7, 11) is 3.63. The molecule has 0 radical (unpaired) electrons.